The van der Waals surface area contributed by atoms with Crippen LogP contribution in [0, 0.1) is 5.92 Å². The van der Waals surface area contributed by atoms with E-state index in [9.17, 15) is 14.7 Å². The molecule has 0 bridgehead atoms. The van der Waals surface area contributed by atoms with Gasteiger partial charge in [0.25, 0.3) is 0 Å². The SMILES string of the molecule is CC(C)(C)OC(=O)N1CC(C(=O)O)C(c2csc(Br)c2)C1. The first-order valence-electron chi connectivity index (χ1n) is 6.62. The number of carbonyl (C=O) groups excluding carboxylic acids is 1. The number of hydrogen-bond acceptors (Lipinski definition) is 4. The highest BCUT2D eigenvalue weighted by atomic mass is 79.9. The van der Waals surface area contributed by atoms with E-state index in [2.05, 4.69) is 15.9 Å². The Morgan fingerprint density at radius 3 is 2.57 bits per heavy atom. The van der Waals surface area contributed by atoms with Crippen LogP contribution in [0.5, 0.6) is 0 Å². The zero-order valence-electron chi connectivity index (χ0n) is 12.1. The van der Waals surface area contributed by atoms with Crippen LogP contribution in [0.15, 0.2) is 15.2 Å². The molecule has 21 heavy (non-hydrogen) atoms. The maximum absolute atomic E-state index is 12.1. The highest BCUT2D eigenvalue weighted by molar-refractivity contribution is 9.11. The van der Waals surface area contributed by atoms with Crippen molar-refractivity contribution in [2.75, 3.05) is 13.1 Å². The number of carbonyl (C=O) groups is 2. The second-order valence-corrected chi connectivity index (χ2v) is 8.41. The number of likely N-dealkylation sites (tertiary alicyclic amines) is 1. The molecule has 1 aliphatic heterocycles. The van der Waals surface area contributed by atoms with Crippen molar-refractivity contribution >= 4 is 39.3 Å². The highest BCUT2D eigenvalue weighted by Crippen LogP contribution is 2.37. The largest absolute Gasteiger partial charge is 0.481 e. The summed E-state index contributed by atoms with van der Waals surface area (Å²) < 4.78 is 6.28. The van der Waals surface area contributed by atoms with E-state index in [0.29, 0.717) is 6.54 Å². The van der Waals surface area contributed by atoms with E-state index in [4.69, 9.17) is 4.74 Å². The van der Waals surface area contributed by atoms with E-state index in [1.54, 1.807) is 20.8 Å². The molecule has 1 amide bonds. The van der Waals surface area contributed by atoms with Crippen LogP contribution >= 0.6 is 27.3 Å². The molecule has 0 radical (unpaired) electrons. The molecule has 1 fully saturated rings. The predicted molar refractivity (Wildman–Crippen MR) is 83.7 cm³/mol. The molecule has 0 aliphatic carbocycles. The fraction of sp³-hybridized carbons (Fsp3) is 0.571. The van der Waals surface area contributed by atoms with Crippen LogP contribution in [0.3, 0.4) is 0 Å². The maximum Gasteiger partial charge on any atom is 0.410 e. The van der Waals surface area contributed by atoms with Crippen LogP contribution in [0.4, 0.5) is 4.79 Å². The van der Waals surface area contributed by atoms with E-state index in [1.807, 2.05) is 11.4 Å². The second kappa shape index (κ2) is 5.96. The third-order valence-electron chi connectivity index (χ3n) is 3.30. The molecular formula is C14H18BrNO4S. The van der Waals surface area contributed by atoms with Gasteiger partial charge in [-0.05, 0) is 53.7 Å². The Kier molecular flexibility index (Phi) is 4.63. The van der Waals surface area contributed by atoms with Crippen molar-refractivity contribution in [1.82, 2.24) is 4.90 Å². The van der Waals surface area contributed by atoms with Crippen LogP contribution in [-0.2, 0) is 9.53 Å². The molecule has 2 rings (SSSR count). The molecule has 0 spiro atoms. The van der Waals surface area contributed by atoms with Gasteiger partial charge in [-0.3, -0.25) is 4.79 Å². The molecule has 0 saturated carbocycles. The third kappa shape index (κ3) is 3.97. The minimum atomic E-state index is -0.881. The summed E-state index contributed by atoms with van der Waals surface area (Å²) in [4.78, 5) is 25.1. The van der Waals surface area contributed by atoms with E-state index in [1.165, 1.54) is 16.2 Å². The number of thiophene rings is 1. The van der Waals surface area contributed by atoms with E-state index in [0.717, 1.165) is 9.35 Å². The van der Waals surface area contributed by atoms with Gasteiger partial charge in [-0.2, -0.15) is 0 Å². The van der Waals surface area contributed by atoms with Gasteiger partial charge < -0.3 is 14.7 Å². The van der Waals surface area contributed by atoms with E-state index >= 15 is 0 Å². The number of aliphatic carboxylic acids is 1. The fourth-order valence-corrected chi connectivity index (χ4v) is 3.63. The van der Waals surface area contributed by atoms with Gasteiger partial charge in [0, 0.05) is 19.0 Å². The molecular weight excluding hydrogens is 358 g/mol. The van der Waals surface area contributed by atoms with Gasteiger partial charge in [-0.25, -0.2) is 4.79 Å². The topological polar surface area (TPSA) is 66.8 Å². The zero-order chi connectivity index (χ0) is 15.8. The van der Waals surface area contributed by atoms with Crippen molar-refractivity contribution < 1.29 is 19.4 Å². The quantitative estimate of drug-likeness (QED) is 0.857. The molecule has 2 heterocycles. The number of carboxylic acid groups (broad SMARTS) is 1. The summed E-state index contributed by atoms with van der Waals surface area (Å²) in [6, 6.07) is 1.92. The van der Waals surface area contributed by atoms with Gasteiger partial charge in [0.15, 0.2) is 0 Å². The number of hydrogen-bond donors (Lipinski definition) is 1. The summed E-state index contributed by atoms with van der Waals surface area (Å²) in [5, 5.41) is 11.3. The lowest BCUT2D eigenvalue weighted by molar-refractivity contribution is -0.141. The van der Waals surface area contributed by atoms with Crippen LogP contribution in [0.2, 0.25) is 0 Å². The van der Waals surface area contributed by atoms with Gasteiger partial charge in [0.05, 0.1) is 9.70 Å². The molecule has 2 unspecified atom stereocenters. The molecule has 1 aromatic heterocycles. The number of amides is 1. The lowest BCUT2D eigenvalue weighted by Crippen LogP contribution is -2.35. The van der Waals surface area contributed by atoms with Gasteiger partial charge in [0.2, 0.25) is 0 Å². The molecule has 1 saturated heterocycles. The number of halogens is 1. The molecule has 1 N–H and O–H groups in total. The Labute approximate surface area is 136 Å². The predicted octanol–water partition coefficient (Wildman–Crippen LogP) is 3.55. The van der Waals surface area contributed by atoms with Crippen molar-refractivity contribution in [2.24, 2.45) is 5.92 Å². The molecule has 1 aliphatic rings. The van der Waals surface area contributed by atoms with Crippen LogP contribution in [-0.4, -0.2) is 40.8 Å². The average Bonchev–Trinajstić information content (AvgIpc) is 2.91. The van der Waals surface area contributed by atoms with Crippen molar-refractivity contribution in [3.05, 3.63) is 20.8 Å². The number of rotatable bonds is 2. The summed E-state index contributed by atoms with van der Waals surface area (Å²) in [5.74, 6) is -1.68. The van der Waals surface area contributed by atoms with Crippen LogP contribution in [0.25, 0.3) is 0 Å². The van der Waals surface area contributed by atoms with Crippen LogP contribution < -0.4 is 0 Å². The second-order valence-electron chi connectivity index (χ2n) is 6.12. The zero-order valence-corrected chi connectivity index (χ0v) is 14.5. The lowest BCUT2D eigenvalue weighted by Gasteiger charge is -2.24. The molecule has 5 nitrogen and oxygen atoms in total. The Balaban J connectivity index is 2.15. The molecule has 2 atom stereocenters. The molecule has 1 aromatic rings. The molecule has 116 valence electrons. The van der Waals surface area contributed by atoms with Gasteiger partial charge in [0.1, 0.15) is 5.60 Å². The maximum atomic E-state index is 12.1. The first kappa shape index (κ1) is 16.3. The van der Waals surface area contributed by atoms with Crippen molar-refractivity contribution in [1.29, 1.82) is 0 Å². The van der Waals surface area contributed by atoms with Gasteiger partial charge >= 0.3 is 12.1 Å². The Bertz CT molecular complexity index is 551. The minimum Gasteiger partial charge on any atom is -0.481 e. The fourth-order valence-electron chi connectivity index (χ4n) is 2.39. The normalized spacial score (nSPS) is 22.4. The van der Waals surface area contributed by atoms with E-state index in [-0.39, 0.29) is 12.5 Å². The molecule has 7 heteroatoms. The number of carboxylic acids is 1. The van der Waals surface area contributed by atoms with E-state index < -0.39 is 23.6 Å². The third-order valence-corrected chi connectivity index (χ3v) is 4.83. The first-order valence-corrected chi connectivity index (χ1v) is 8.29. The lowest BCUT2D eigenvalue weighted by atomic mass is 9.91. The van der Waals surface area contributed by atoms with Gasteiger partial charge in [-0.1, -0.05) is 0 Å². The highest BCUT2D eigenvalue weighted by Gasteiger charge is 2.42. The average molecular weight is 376 g/mol. The Hall–Kier alpha value is -1.08. The Morgan fingerprint density at radius 2 is 2.10 bits per heavy atom. The van der Waals surface area contributed by atoms with Crippen molar-refractivity contribution in [3.63, 3.8) is 0 Å². The first-order chi connectivity index (χ1) is 9.67. The van der Waals surface area contributed by atoms with Crippen molar-refractivity contribution in [2.45, 2.75) is 32.3 Å². The smallest absolute Gasteiger partial charge is 0.410 e. The summed E-state index contributed by atoms with van der Waals surface area (Å²) in [6.45, 7) is 5.94. The minimum absolute atomic E-state index is 0.183. The Morgan fingerprint density at radius 1 is 1.43 bits per heavy atom. The number of nitrogens with zero attached hydrogens (tertiary/aromatic N) is 1. The summed E-state index contributed by atoms with van der Waals surface area (Å²) in [6.07, 6.45) is -0.453. The molecule has 0 aromatic carbocycles. The van der Waals surface area contributed by atoms with Gasteiger partial charge in [-0.15, -0.1) is 11.3 Å². The summed E-state index contributed by atoms with van der Waals surface area (Å²) >= 11 is 4.90. The standard InChI is InChI=1S/C14H18BrNO4S/c1-14(2,3)20-13(19)16-5-9(10(6-16)12(17)18)8-4-11(15)21-7-8/h4,7,9-10H,5-6H2,1-3H3,(H,17,18). The monoisotopic (exact) mass is 375 g/mol. The van der Waals surface area contributed by atoms with Crippen LogP contribution in [0.1, 0.15) is 32.3 Å². The number of ether oxygens (including phenoxy) is 1. The summed E-state index contributed by atoms with van der Waals surface area (Å²) in [7, 11) is 0. The summed E-state index contributed by atoms with van der Waals surface area (Å²) in [5.41, 5.74) is 0.365. The van der Waals surface area contributed by atoms with Crippen molar-refractivity contribution in [3.8, 4) is 0 Å².